The monoisotopic (exact) mass is 326 g/mol. The van der Waals surface area contributed by atoms with E-state index in [4.69, 9.17) is 16.3 Å². The summed E-state index contributed by atoms with van der Waals surface area (Å²) >= 11 is 6.05. The molecule has 0 aliphatic carbocycles. The molecule has 5 heteroatoms. The van der Waals surface area contributed by atoms with Crippen molar-refractivity contribution in [3.8, 4) is 0 Å². The number of nitrogens with one attached hydrogen (secondary N) is 1. The van der Waals surface area contributed by atoms with Crippen LogP contribution in [-0.4, -0.2) is 43.3 Å². The van der Waals surface area contributed by atoms with Crippen molar-refractivity contribution < 1.29 is 9.53 Å². The molecule has 0 aliphatic rings. The third-order valence-corrected chi connectivity index (χ3v) is 3.74. The van der Waals surface area contributed by atoms with Gasteiger partial charge in [-0.1, -0.05) is 23.7 Å². The summed E-state index contributed by atoms with van der Waals surface area (Å²) in [5.74, 6) is 0. The predicted octanol–water partition coefficient (Wildman–Crippen LogP) is 3.65. The molecule has 0 spiro atoms. The fraction of sp³-hybridized carbons (Fsp3) is 0.588. The van der Waals surface area contributed by atoms with Crippen LogP contribution in [0.2, 0.25) is 5.02 Å². The molecule has 1 aromatic rings. The maximum Gasteiger partial charge on any atom is 0.410 e. The van der Waals surface area contributed by atoms with E-state index in [1.807, 2.05) is 46.9 Å². The normalized spacial score (nSPS) is 12.9. The number of nitrogens with zero attached hydrogens (tertiary/aromatic N) is 1. The molecule has 0 heterocycles. The molecule has 4 nitrogen and oxygen atoms in total. The predicted molar refractivity (Wildman–Crippen MR) is 91.6 cm³/mol. The van der Waals surface area contributed by atoms with Gasteiger partial charge in [-0.2, -0.15) is 0 Å². The minimum atomic E-state index is -0.478. The number of hydrogen-bond donors (Lipinski definition) is 1. The Morgan fingerprint density at radius 2 is 2.05 bits per heavy atom. The fourth-order valence-electron chi connectivity index (χ4n) is 2.12. The van der Waals surface area contributed by atoms with Gasteiger partial charge in [-0.05, 0) is 58.4 Å². The van der Waals surface area contributed by atoms with Crippen LogP contribution in [0.4, 0.5) is 4.79 Å². The molecule has 1 unspecified atom stereocenters. The Hall–Kier alpha value is -1.26. The molecule has 0 aliphatic heterocycles. The summed E-state index contributed by atoms with van der Waals surface area (Å²) in [6.07, 6.45) is 0.516. The number of halogens is 1. The van der Waals surface area contributed by atoms with E-state index in [1.165, 1.54) is 5.56 Å². The Kier molecular flexibility index (Phi) is 6.69. The maximum atomic E-state index is 12.0. The summed E-state index contributed by atoms with van der Waals surface area (Å²) in [7, 11) is 3.65. The first-order chi connectivity index (χ1) is 10.1. The first kappa shape index (κ1) is 18.8. The van der Waals surface area contributed by atoms with Crippen LogP contribution in [-0.2, 0) is 11.2 Å². The lowest BCUT2D eigenvalue weighted by molar-refractivity contribution is 0.0284. The third-order valence-electron chi connectivity index (χ3n) is 3.31. The van der Waals surface area contributed by atoms with E-state index in [9.17, 15) is 4.79 Å². The van der Waals surface area contributed by atoms with Crippen molar-refractivity contribution in [2.45, 2.75) is 45.8 Å². The van der Waals surface area contributed by atoms with Gasteiger partial charge in [0.1, 0.15) is 5.60 Å². The van der Waals surface area contributed by atoms with Crippen molar-refractivity contribution in [1.82, 2.24) is 10.2 Å². The molecule has 1 rings (SSSR count). The highest BCUT2D eigenvalue weighted by Crippen LogP contribution is 2.17. The van der Waals surface area contributed by atoms with Gasteiger partial charge >= 0.3 is 6.09 Å². The number of benzene rings is 1. The second-order valence-electron chi connectivity index (χ2n) is 6.63. The Morgan fingerprint density at radius 3 is 2.55 bits per heavy atom. The summed E-state index contributed by atoms with van der Waals surface area (Å²) in [4.78, 5) is 13.6. The number of aryl methyl sites for hydroxylation is 1. The second-order valence-corrected chi connectivity index (χ2v) is 7.04. The molecule has 0 saturated heterocycles. The van der Waals surface area contributed by atoms with Gasteiger partial charge in [-0.25, -0.2) is 4.79 Å². The van der Waals surface area contributed by atoms with E-state index in [-0.39, 0.29) is 12.1 Å². The highest BCUT2D eigenvalue weighted by molar-refractivity contribution is 6.31. The number of ether oxygens (including phenoxy) is 1. The molecule has 0 saturated carbocycles. The fourth-order valence-corrected chi connectivity index (χ4v) is 2.24. The van der Waals surface area contributed by atoms with Crippen molar-refractivity contribution in [1.29, 1.82) is 0 Å². The van der Waals surface area contributed by atoms with Crippen molar-refractivity contribution in [3.05, 3.63) is 34.3 Å². The van der Waals surface area contributed by atoms with Crippen molar-refractivity contribution >= 4 is 17.7 Å². The minimum Gasteiger partial charge on any atom is -0.444 e. The summed E-state index contributed by atoms with van der Waals surface area (Å²) in [5, 5.41) is 4.02. The molecule has 1 amide bonds. The van der Waals surface area contributed by atoms with Gasteiger partial charge in [0.15, 0.2) is 0 Å². The third kappa shape index (κ3) is 6.24. The Balaban J connectivity index is 2.64. The molecule has 0 bridgehead atoms. The van der Waals surface area contributed by atoms with Crippen LogP contribution in [0.15, 0.2) is 18.2 Å². The number of carbonyl (C=O) groups excluding carboxylic acids is 1. The van der Waals surface area contributed by atoms with Crippen LogP contribution in [0.5, 0.6) is 0 Å². The minimum absolute atomic E-state index is 0.151. The summed E-state index contributed by atoms with van der Waals surface area (Å²) in [6.45, 7) is 8.17. The summed E-state index contributed by atoms with van der Waals surface area (Å²) in [6, 6.07) is 6.17. The Bertz CT molecular complexity index is 512. The average molecular weight is 327 g/mol. The van der Waals surface area contributed by atoms with Gasteiger partial charge in [-0.3, -0.25) is 0 Å². The van der Waals surface area contributed by atoms with Crippen molar-refractivity contribution in [2.75, 3.05) is 20.6 Å². The molecule has 0 fully saturated rings. The topological polar surface area (TPSA) is 41.6 Å². The quantitative estimate of drug-likeness (QED) is 0.898. The van der Waals surface area contributed by atoms with E-state index in [2.05, 4.69) is 11.4 Å². The second kappa shape index (κ2) is 7.84. The van der Waals surface area contributed by atoms with Crippen LogP contribution in [0.25, 0.3) is 0 Å². The zero-order chi connectivity index (χ0) is 16.9. The van der Waals surface area contributed by atoms with Gasteiger partial charge in [-0.15, -0.1) is 0 Å². The van der Waals surface area contributed by atoms with Crippen LogP contribution in [0.3, 0.4) is 0 Å². The van der Waals surface area contributed by atoms with Gasteiger partial charge in [0.05, 0.1) is 0 Å². The maximum absolute atomic E-state index is 12.0. The van der Waals surface area contributed by atoms with E-state index >= 15 is 0 Å². The molecule has 1 N–H and O–H groups in total. The number of carbonyl (C=O) groups is 1. The number of likely N-dealkylation sites (N-methyl/N-ethyl adjacent to an activating group) is 2. The standard InChI is InChI=1S/C17H27ClN2O2/c1-12-9-13(7-8-15(12)18)10-14(19-5)11-20(6)16(21)22-17(2,3)4/h7-9,14,19H,10-11H2,1-6H3. The lowest BCUT2D eigenvalue weighted by atomic mass is 10.0. The van der Waals surface area contributed by atoms with Gasteiger partial charge in [0, 0.05) is 24.7 Å². The van der Waals surface area contributed by atoms with E-state index in [0.29, 0.717) is 6.54 Å². The van der Waals surface area contributed by atoms with Crippen LogP contribution in [0.1, 0.15) is 31.9 Å². The largest absolute Gasteiger partial charge is 0.444 e. The van der Waals surface area contributed by atoms with Gasteiger partial charge in [0.25, 0.3) is 0 Å². The molecule has 0 radical (unpaired) electrons. The smallest absolute Gasteiger partial charge is 0.410 e. The SMILES string of the molecule is CNC(Cc1ccc(Cl)c(C)c1)CN(C)C(=O)OC(C)(C)C. The van der Waals surface area contributed by atoms with Gasteiger partial charge in [0.2, 0.25) is 0 Å². The summed E-state index contributed by atoms with van der Waals surface area (Å²) in [5.41, 5.74) is 1.78. The van der Waals surface area contributed by atoms with E-state index < -0.39 is 5.60 Å². The molecule has 0 aromatic heterocycles. The van der Waals surface area contributed by atoms with E-state index in [0.717, 1.165) is 17.0 Å². The zero-order valence-electron chi connectivity index (χ0n) is 14.4. The summed E-state index contributed by atoms with van der Waals surface area (Å²) < 4.78 is 5.37. The zero-order valence-corrected chi connectivity index (χ0v) is 15.1. The molecular formula is C17H27ClN2O2. The molecule has 1 atom stereocenters. The molecule has 124 valence electrons. The number of amides is 1. The first-order valence-electron chi connectivity index (χ1n) is 7.49. The molecule has 1 aromatic carbocycles. The van der Waals surface area contributed by atoms with E-state index in [1.54, 1.807) is 11.9 Å². The highest BCUT2D eigenvalue weighted by atomic mass is 35.5. The van der Waals surface area contributed by atoms with Crippen molar-refractivity contribution in [3.63, 3.8) is 0 Å². The molecule has 22 heavy (non-hydrogen) atoms. The van der Waals surface area contributed by atoms with Crippen LogP contribution in [0, 0.1) is 6.92 Å². The Morgan fingerprint density at radius 1 is 1.41 bits per heavy atom. The lowest BCUT2D eigenvalue weighted by Crippen LogP contribution is -2.43. The van der Waals surface area contributed by atoms with Gasteiger partial charge < -0.3 is 15.0 Å². The first-order valence-corrected chi connectivity index (χ1v) is 7.86. The van der Waals surface area contributed by atoms with Crippen LogP contribution < -0.4 is 5.32 Å². The number of rotatable bonds is 5. The van der Waals surface area contributed by atoms with Crippen LogP contribution >= 0.6 is 11.6 Å². The molecular weight excluding hydrogens is 300 g/mol. The lowest BCUT2D eigenvalue weighted by Gasteiger charge is -2.27. The Labute approximate surface area is 138 Å². The van der Waals surface area contributed by atoms with Crippen molar-refractivity contribution in [2.24, 2.45) is 0 Å². The number of hydrogen-bond acceptors (Lipinski definition) is 3. The average Bonchev–Trinajstić information content (AvgIpc) is 2.40. The highest BCUT2D eigenvalue weighted by Gasteiger charge is 2.21.